The molecule has 140 valence electrons. The molecule has 0 radical (unpaired) electrons. The molecule has 1 aliphatic rings. The number of thioether (sulfide) groups is 1. The summed E-state index contributed by atoms with van der Waals surface area (Å²) in [6.07, 6.45) is 1.92. The fraction of sp³-hybridized carbons (Fsp3) is 0.273. The lowest BCUT2D eigenvalue weighted by atomic mass is 10.1. The number of thiocarbonyl (C=S) groups is 1. The summed E-state index contributed by atoms with van der Waals surface area (Å²) in [6.45, 7) is 10.4. The Balaban J connectivity index is 1.84. The lowest BCUT2D eigenvalue weighted by Gasteiger charge is -2.20. The molecule has 0 N–H and O–H groups in total. The molecule has 3 rings (SSSR count). The van der Waals surface area contributed by atoms with Crippen LogP contribution >= 0.6 is 24.0 Å². The number of benzene rings is 2. The number of nitrogens with zero attached hydrogens (tertiary/aromatic N) is 2. The lowest BCUT2D eigenvalue weighted by molar-refractivity contribution is -0.113. The maximum Gasteiger partial charge on any atom is 0.270 e. The minimum absolute atomic E-state index is 0.0546. The summed E-state index contributed by atoms with van der Waals surface area (Å²) < 4.78 is 0.578. The molecule has 27 heavy (non-hydrogen) atoms. The molecule has 0 saturated carbocycles. The first-order chi connectivity index (χ1) is 12.9. The van der Waals surface area contributed by atoms with Gasteiger partial charge in [0.15, 0.2) is 4.32 Å². The van der Waals surface area contributed by atoms with Crippen LogP contribution in [0.5, 0.6) is 0 Å². The van der Waals surface area contributed by atoms with Crippen LogP contribution in [-0.4, -0.2) is 23.3 Å². The third-order valence-corrected chi connectivity index (χ3v) is 6.16. The Labute approximate surface area is 171 Å². The van der Waals surface area contributed by atoms with E-state index in [9.17, 15) is 4.79 Å². The molecular weight excluding hydrogens is 372 g/mol. The lowest BCUT2D eigenvalue weighted by Crippen LogP contribution is -2.27. The second-order valence-corrected chi connectivity index (χ2v) is 8.23. The highest BCUT2D eigenvalue weighted by Gasteiger charge is 2.33. The van der Waals surface area contributed by atoms with Crippen LogP contribution in [-0.2, 0) is 4.79 Å². The number of anilines is 2. The van der Waals surface area contributed by atoms with E-state index in [1.165, 1.54) is 23.0 Å². The molecule has 5 heteroatoms. The number of amides is 1. The zero-order chi connectivity index (χ0) is 19.6. The van der Waals surface area contributed by atoms with E-state index in [4.69, 9.17) is 12.2 Å². The highest BCUT2D eigenvalue weighted by molar-refractivity contribution is 8.27. The van der Waals surface area contributed by atoms with Gasteiger partial charge in [-0.05, 0) is 74.7 Å². The zero-order valence-electron chi connectivity index (χ0n) is 16.2. The first-order valence-corrected chi connectivity index (χ1v) is 10.4. The van der Waals surface area contributed by atoms with Crippen molar-refractivity contribution in [2.24, 2.45) is 0 Å². The van der Waals surface area contributed by atoms with Crippen molar-refractivity contribution in [3.63, 3.8) is 0 Å². The number of hydrogen-bond donors (Lipinski definition) is 0. The van der Waals surface area contributed by atoms with Crippen LogP contribution < -0.4 is 9.80 Å². The van der Waals surface area contributed by atoms with E-state index in [1.807, 2.05) is 31.2 Å². The van der Waals surface area contributed by atoms with Crippen molar-refractivity contribution in [1.29, 1.82) is 0 Å². The standard InChI is InChI=1S/C22H24N2OS2/c1-5-23(6-2)18-11-8-17(9-12-18)14-20-21(25)24(22(26)27-20)19-10-7-15(3)16(4)13-19/h7-14H,5-6H2,1-4H3. The monoisotopic (exact) mass is 396 g/mol. The van der Waals surface area contributed by atoms with Crippen LogP contribution in [0.3, 0.4) is 0 Å². The third-order valence-electron chi connectivity index (χ3n) is 4.86. The molecule has 0 aliphatic carbocycles. The van der Waals surface area contributed by atoms with Crippen LogP contribution in [0.25, 0.3) is 6.08 Å². The quantitative estimate of drug-likeness (QED) is 0.488. The second kappa shape index (κ2) is 8.28. The minimum Gasteiger partial charge on any atom is -0.372 e. The molecule has 1 amide bonds. The molecule has 0 spiro atoms. The van der Waals surface area contributed by atoms with Crippen molar-refractivity contribution < 1.29 is 4.79 Å². The first-order valence-electron chi connectivity index (χ1n) is 9.14. The highest BCUT2D eigenvalue weighted by Crippen LogP contribution is 2.36. The van der Waals surface area contributed by atoms with Gasteiger partial charge < -0.3 is 4.90 Å². The molecule has 1 heterocycles. The fourth-order valence-corrected chi connectivity index (χ4v) is 4.38. The smallest absolute Gasteiger partial charge is 0.270 e. The summed E-state index contributed by atoms with van der Waals surface area (Å²) in [7, 11) is 0. The van der Waals surface area contributed by atoms with Gasteiger partial charge in [-0.15, -0.1) is 0 Å². The SMILES string of the molecule is CCN(CC)c1ccc(C=C2SC(=S)N(c3ccc(C)c(C)c3)C2=O)cc1. The topological polar surface area (TPSA) is 23.6 Å². The number of carbonyl (C=O) groups is 1. The van der Waals surface area contributed by atoms with Crippen molar-refractivity contribution in [2.45, 2.75) is 27.7 Å². The van der Waals surface area contributed by atoms with Crippen molar-refractivity contribution in [1.82, 2.24) is 0 Å². The van der Waals surface area contributed by atoms with Gasteiger partial charge in [0.25, 0.3) is 5.91 Å². The Morgan fingerprint density at radius 1 is 1.04 bits per heavy atom. The molecule has 0 bridgehead atoms. The van der Waals surface area contributed by atoms with Crippen LogP contribution in [0.1, 0.15) is 30.5 Å². The van der Waals surface area contributed by atoms with Crippen molar-refractivity contribution in [2.75, 3.05) is 22.9 Å². The van der Waals surface area contributed by atoms with Gasteiger partial charge in [0.2, 0.25) is 0 Å². The molecular formula is C22H24N2OS2. The third kappa shape index (κ3) is 4.09. The Kier molecular flexibility index (Phi) is 6.02. The molecule has 2 aromatic carbocycles. The van der Waals surface area contributed by atoms with Gasteiger partial charge >= 0.3 is 0 Å². The molecule has 1 aliphatic heterocycles. The zero-order valence-corrected chi connectivity index (χ0v) is 17.8. The van der Waals surface area contributed by atoms with Crippen LogP contribution in [0.15, 0.2) is 47.4 Å². The van der Waals surface area contributed by atoms with Gasteiger partial charge in [-0.1, -0.05) is 42.2 Å². The predicted octanol–water partition coefficient (Wildman–Crippen LogP) is 5.56. The van der Waals surface area contributed by atoms with E-state index in [1.54, 1.807) is 4.90 Å². The predicted molar refractivity (Wildman–Crippen MR) is 122 cm³/mol. The van der Waals surface area contributed by atoms with Gasteiger partial charge in [-0.25, -0.2) is 0 Å². The van der Waals surface area contributed by atoms with Crippen LogP contribution in [0.4, 0.5) is 11.4 Å². The highest BCUT2D eigenvalue weighted by atomic mass is 32.2. The van der Waals surface area contributed by atoms with Crippen LogP contribution in [0, 0.1) is 13.8 Å². The van der Waals surface area contributed by atoms with E-state index < -0.39 is 0 Å². The van der Waals surface area contributed by atoms with E-state index in [0.29, 0.717) is 9.23 Å². The number of hydrogen-bond acceptors (Lipinski definition) is 4. The summed E-state index contributed by atoms with van der Waals surface area (Å²) in [6, 6.07) is 14.3. The molecule has 2 aromatic rings. The van der Waals surface area contributed by atoms with E-state index in [-0.39, 0.29) is 5.91 Å². The maximum atomic E-state index is 12.9. The fourth-order valence-electron chi connectivity index (χ4n) is 3.08. The normalized spacial score (nSPS) is 15.7. The summed E-state index contributed by atoms with van der Waals surface area (Å²) in [5.41, 5.74) is 5.39. The van der Waals surface area contributed by atoms with Crippen molar-refractivity contribution in [3.8, 4) is 0 Å². The second-order valence-electron chi connectivity index (χ2n) is 6.55. The van der Waals surface area contributed by atoms with Crippen molar-refractivity contribution >= 4 is 51.7 Å². The summed E-state index contributed by atoms with van der Waals surface area (Å²) in [5.74, 6) is -0.0546. The van der Waals surface area contributed by atoms with Gasteiger partial charge in [-0.3, -0.25) is 9.69 Å². The number of carbonyl (C=O) groups excluding carboxylic acids is 1. The molecule has 0 unspecified atom stereocenters. The average molecular weight is 397 g/mol. The van der Waals surface area contributed by atoms with Gasteiger partial charge in [-0.2, -0.15) is 0 Å². The summed E-state index contributed by atoms with van der Waals surface area (Å²) in [5, 5.41) is 0. The van der Waals surface area contributed by atoms with Crippen molar-refractivity contribution in [3.05, 3.63) is 64.1 Å². The first kappa shape index (κ1) is 19.6. The van der Waals surface area contributed by atoms with E-state index >= 15 is 0 Å². The summed E-state index contributed by atoms with van der Waals surface area (Å²) in [4.78, 5) is 17.5. The molecule has 3 nitrogen and oxygen atoms in total. The molecule has 1 saturated heterocycles. The Hall–Kier alpha value is -2.11. The van der Waals surface area contributed by atoms with Crippen LogP contribution in [0.2, 0.25) is 0 Å². The van der Waals surface area contributed by atoms with E-state index in [2.05, 4.69) is 49.9 Å². The summed E-state index contributed by atoms with van der Waals surface area (Å²) >= 11 is 6.84. The van der Waals surface area contributed by atoms with Gasteiger partial charge in [0, 0.05) is 18.8 Å². The minimum atomic E-state index is -0.0546. The Morgan fingerprint density at radius 2 is 1.70 bits per heavy atom. The number of aryl methyl sites for hydroxylation is 2. The largest absolute Gasteiger partial charge is 0.372 e. The molecule has 1 fully saturated rings. The van der Waals surface area contributed by atoms with Gasteiger partial charge in [0.05, 0.1) is 10.6 Å². The average Bonchev–Trinajstić information content (AvgIpc) is 2.93. The maximum absolute atomic E-state index is 12.9. The number of rotatable bonds is 5. The Bertz CT molecular complexity index is 899. The van der Waals surface area contributed by atoms with Gasteiger partial charge in [0.1, 0.15) is 0 Å². The molecule has 0 aromatic heterocycles. The van der Waals surface area contributed by atoms with E-state index in [0.717, 1.165) is 29.9 Å². The molecule has 0 atom stereocenters. The Morgan fingerprint density at radius 3 is 2.30 bits per heavy atom.